The molecule has 148 valence electrons. The van der Waals surface area contributed by atoms with E-state index in [0.29, 0.717) is 23.5 Å². The van der Waals surface area contributed by atoms with Crippen LogP contribution in [-0.2, 0) is 6.54 Å². The molecular formula is C24H25N3O2. The van der Waals surface area contributed by atoms with Crippen molar-refractivity contribution in [2.24, 2.45) is 0 Å². The van der Waals surface area contributed by atoms with Gasteiger partial charge in [-0.2, -0.15) is 5.10 Å². The molecule has 2 aromatic carbocycles. The van der Waals surface area contributed by atoms with Crippen molar-refractivity contribution in [3.63, 3.8) is 0 Å². The molecule has 0 unspecified atom stereocenters. The predicted octanol–water partition coefficient (Wildman–Crippen LogP) is 5.54. The molecule has 0 atom stereocenters. The van der Waals surface area contributed by atoms with Crippen LogP contribution < -0.4 is 0 Å². The van der Waals surface area contributed by atoms with Crippen LogP contribution in [0.3, 0.4) is 0 Å². The van der Waals surface area contributed by atoms with E-state index in [1.54, 1.807) is 12.1 Å². The molecule has 5 nitrogen and oxygen atoms in total. The summed E-state index contributed by atoms with van der Waals surface area (Å²) in [5.41, 5.74) is 2.97. The number of nitrogens with zero attached hydrogens (tertiary/aromatic N) is 3. The van der Waals surface area contributed by atoms with Crippen LogP contribution in [-0.4, -0.2) is 25.8 Å². The Bertz CT molecular complexity index is 1030. The largest absolute Gasteiger partial charge is 0.478 e. The van der Waals surface area contributed by atoms with Crippen LogP contribution in [0, 0.1) is 0 Å². The van der Waals surface area contributed by atoms with E-state index in [2.05, 4.69) is 30.0 Å². The summed E-state index contributed by atoms with van der Waals surface area (Å²) in [5, 5.41) is 14.0. The van der Waals surface area contributed by atoms with Gasteiger partial charge in [0.1, 0.15) is 0 Å². The molecule has 0 radical (unpaired) electrons. The highest BCUT2D eigenvalue weighted by molar-refractivity contribution is 5.95. The number of hydrogen-bond donors (Lipinski definition) is 1. The van der Waals surface area contributed by atoms with Gasteiger partial charge in [0.2, 0.25) is 0 Å². The third-order valence-corrected chi connectivity index (χ3v) is 4.48. The molecule has 29 heavy (non-hydrogen) atoms. The smallest absolute Gasteiger partial charge is 0.336 e. The lowest BCUT2D eigenvalue weighted by Gasteiger charge is -2.08. The van der Waals surface area contributed by atoms with Crippen LogP contribution in [0.1, 0.15) is 54.3 Å². The zero-order valence-electron chi connectivity index (χ0n) is 16.7. The van der Waals surface area contributed by atoms with Crippen molar-refractivity contribution in [2.75, 3.05) is 0 Å². The first-order valence-electron chi connectivity index (χ1n) is 9.82. The van der Waals surface area contributed by atoms with Crippen LogP contribution >= 0.6 is 0 Å². The van der Waals surface area contributed by atoms with E-state index in [1.807, 2.05) is 59.3 Å². The third-order valence-electron chi connectivity index (χ3n) is 4.48. The van der Waals surface area contributed by atoms with Crippen LogP contribution in [0.15, 0.2) is 60.7 Å². The maximum absolute atomic E-state index is 11.5. The molecule has 3 rings (SSSR count). The number of carboxylic acids is 1. The lowest BCUT2D eigenvalue weighted by molar-refractivity contribution is 0.0697. The Morgan fingerprint density at radius 1 is 1.00 bits per heavy atom. The minimum absolute atomic E-state index is 0.302. The molecule has 5 heteroatoms. The zero-order chi connectivity index (χ0) is 20.6. The van der Waals surface area contributed by atoms with E-state index in [0.717, 1.165) is 29.8 Å². The number of carbonyl (C=O) groups is 1. The number of rotatable bonds is 8. The second kappa shape index (κ2) is 9.64. The van der Waals surface area contributed by atoms with E-state index in [4.69, 9.17) is 0 Å². The Morgan fingerprint density at radius 3 is 2.38 bits per heavy atom. The first kappa shape index (κ1) is 20.3. The molecule has 3 aromatic rings. The second-order valence-corrected chi connectivity index (χ2v) is 6.65. The molecule has 1 heterocycles. The molecule has 1 N–H and O–H groups in total. The maximum atomic E-state index is 11.5. The fraction of sp³-hybridized carbons (Fsp3) is 0.208. The Kier molecular flexibility index (Phi) is 6.74. The first-order valence-corrected chi connectivity index (χ1v) is 9.82. The van der Waals surface area contributed by atoms with Crippen molar-refractivity contribution in [1.29, 1.82) is 0 Å². The summed E-state index contributed by atoms with van der Waals surface area (Å²) in [6.07, 6.45) is 9.92. The average Bonchev–Trinajstić information content (AvgIpc) is 3.12. The summed E-state index contributed by atoms with van der Waals surface area (Å²) < 4.78 is 1.89. The summed E-state index contributed by atoms with van der Waals surface area (Å²) in [6.45, 7) is 4.76. The maximum Gasteiger partial charge on any atom is 0.336 e. The topological polar surface area (TPSA) is 68.0 Å². The van der Waals surface area contributed by atoms with Gasteiger partial charge in [-0.25, -0.2) is 14.5 Å². The first-order chi connectivity index (χ1) is 14.1. The Hall–Kier alpha value is -3.47. The van der Waals surface area contributed by atoms with E-state index >= 15 is 0 Å². The van der Waals surface area contributed by atoms with Gasteiger partial charge in [0.15, 0.2) is 11.6 Å². The van der Waals surface area contributed by atoms with Gasteiger partial charge >= 0.3 is 5.97 Å². The predicted molar refractivity (Wildman–Crippen MR) is 117 cm³/mol. The highest BCUT2D eigenvalue weighted by Gasteiger charge is 2.11. The van der Waals surface area contributed by atoms with Gasteiger partial charge in [0.25, 0.3) is 0 Å². The molecule has 0 aliphatic rings. The van der Waals surface area contributed by atoms with Crippen LogP contribution in [0.2, 0.25) is 0 Å². The van der Waals surface area contributed by atoms with Crippen molar-refractivity contribution < 1.29 is 9.90 Å². The van der Waals surface area contributed by atoms with Gasteiger partial charge in [0.05, 0.1) is 12.1 Å². The molecular weight excluding hydrogens is 362 g/mol. The minimum Gasteiger partial charge on any atom is -0.478 e. The molecule has 0 amide bonds. The molecule has 0 bridgehead atoms. The van der Waals surface area contributed by atoms with Crippen molar-refractivity contribution >= 4 is 18.1 Å². The van der Waals surface area contributed by atoms with Gasteiger partial charge in [-0.15, -0.1) is 0 Å². The number of carboxylic acid groups (broad SMARTS) is 1. The van der Waals surface area contributed by atoms with Crippen molar-refractivity contribution in [1.82, 2.24) is 14.8 Å². The summed E-state index contributed by atoms with van der Waals surface area (Å²) in [7, 11) is 0. The number of allylic oxidation sites excluding steroid dienone is 2. The standard InChI is InChI=1S/C24H25N3O2/c1-3-5-11-22-25-23(12-6-4-2)27(26-22)17-18-13-15-19(16-14-18)20-9-7-8-10-21(20)24(28)29/h5-16H,3-4,17H2,1-2H3,(H,28,29)/b11-5+,12-6+. The minimum atomic E-state index is -0.924. The van der Waals surface area contributed by atoms with Crippen molar-refractivity contribution in [2.45, 2.75) is 33.2 Å². The highest BCUT2D eigenvalue weighted by atomic mass is 16.4. The molecule has 0 spiro atoms. The number of hydrogen-bond acceptors (Lipinski definition) is 3. The lowest BCUT2D eigenvalue weighted by Crippen LogP contribution is -2.04. The second-order valence-electron chi connectivity index (χ2n) is 6.65. The quantitative estimate of drug-likeness (QED) is 0.551. The lowest BCUT2D eigenvalue weighted by atomic mass is 9.99. The number of benzene rings is 2. The zero-order valence-corrected chi connectivity index (χ0v) is 16.7. The summed E-state index contributed by atoms with van der Waals surface area (Å²) in [4.78, 5) is 16.1. The Morgan fingerprint density at radius 2 is 1.69 bits per heavy atom. The van der Waals surface area contributed by atoms with Gasteiger partial charge in [-0.3, -0.25) is 0 Å². The molecule has 0 saturated carbocycles. The Balaban J connectivity index is 1.86. The van der Waals surface area contributed by atoms with Gasteiger partial charge < -0.3 is 5.11 Å². The third kappa shape index (κ3) is 5.08. The van der Waals surface area contributed by atoms with E-state index < -0.39 is 5.97 Å². The Labute approximate surface area is 171 Å². The normalized spacial score (nSPS) is 11.5. The van der Waals surface area contributed by atoms with E-state index in [-0.39, 0.29) is 0 Å². The van der Waals surface area contributed by atoms with Crippen molar-refractivity contribution in [3.05, 3.63) is 83.5 Å². The average molecular weight is 387 g/mol. The van der Waals surface area contributed by atoms with E-state index in [1.165, 1.54) is 0 Å². The molecule has 1 aromatic heterocycles. The van der Waals surface area contributed by atoms with Crippen molar-refractivity contribution in [3.8, 4) is 11.1 Å². The van der Waals surface area contributed by atoms with Crippen LogP contribution in [0.4, 0.5) is 0 Å². The van der Waals surface area contributed by atoms with Crippen LogP contribution in [0.5, 0.6) is 0 Å². The molecule has 0 saturated heterocycles. The molecule has 0 aliphatic heterocycles. The summed E-state index contributed by atoms with van der Waals surface area (Å²) >= 11 is 0. The SMILES string of the molecule is CC/C=C/c1nc(/C=C/CC)n(Cc2ccc(-c3ccccc3C(=O)O)cc2)n1. The van der Waals surface area contributed by atoms with Gasteiger partial charge in [0, 0.05) is 0 Å². The summed E-state index contributed by atoms with van der Waals surface area (Å²) in [5.74, 6) is 0.602. The highest BCUT2D eigenvalue weighted by Crippen LogP contribution is 2.24. The summed E-state index contributed by atoms with van der Waals surface area (Å²) in [6, 6.07) is 15.0. The van der Waals surface area contributed by atoms with Crippen LogP contribution in [0.25, 0.3) is 23.3 Å². The fourth-order valence-electron chi connectivity index (χ4n) is 3.01. The van der Waals surface area contributed by atoms with Gasteiger partial charge in [-0.05, 0) is 47.8 Å². The monoisotopic (exact) mass is 387 g/mol. The molecule has 0 fully saturated rings. The number of aromatic carboxylic acids is 1. The molecule has 0 aliphatic carbocycles. The van der Waals surface area contributed by atoms with Gasteiger partial charge in [-0.1, -0.05) is 68.5 Å². The number of aromatic nitrogens is 3. The van der Waals surface area contributed by atoms with E-state index in [9.17, 15) is 9.90 Å². The fourth-order valence-corrected chi connectivity index (χ4v) is 3.01.